The van der Waals surface area contributed by atoms with Crippen LogP contribution in [0.3, 0.4) is 0 Å². The standard InChI is InChI=1S/C18H23N3O3S/c1-3-16-7-9-18(10-8-16)25(23,24)20-12-13-21(15(2)22)14-17-6-4-5-11-19-17/h4-11,20H,3,12-14H2,1-2H3. The van der Waals surface area contributed by atoms with Gasteiger partial charge in [-0.15, -0.1) is 0 Å². The van der Waals surface area contributed by atoms with E-state index in [4.69, 9.17) is 0 Å². The molecule has 2 rings (SSSR count). The third-order valence-corrected chi connectivity index (χ3v) is 5.32. The highest BCUT2D eigenvalue weighted by Gasteiger charge is 2.15. The van der Waals surface area contributed by atoms with E-state index in [0.29, 0.717) is 6.54 Å². The summed E-state index contributed by atoms with van der Waals surface area (Å²) >= 11 is 0. The number of aryl methyl sites for hydroxylation is 1. The molecule has 0 aliphatic carbocycles. The molecule has 0 saturated carbocycles. The maximum Gasteiger partial charge on any atom is 0.240 e. The summed E-state index contributed by atoms with van der Waals surface area (Å²) in [5, 5.41) is 0. The van der Waals surface area contributed by atoms with Gasteiger partial charge in [-0.05, 0) is 36.2 Å². The Kier molecular flexibility index (Phi) is 6.66. The van der Waals surface area contributed by atoms with E-state index in [9.17, 15) is 13.2 Å². The van der Waals surface area contributed by atoms with Gasteiger partial charge in [-0.25, -0.2) is 13.1 Å². The lowest BCUT2D eigenvalue weighted by atomic mass is 10.2. The zero-order valence-electron chi connectivity index (χ0n) is 14.5. The molecule has 0 bridgehead atoms. The van der Waals surface area contributed by atoms with Gasteiger partial charge in [0.05, 0.1) is 17.1 Å². The molecule has 1 N–H and O–H groups in total. The summed E-state index contributed by atoms with van der Waals surface area (Å²) in [5.74, 6) is -0.128. The molecule has 0 atom stereocenters. The number of pyridine rings is 1. The van der Waals surface area contributed by atoms with Crippen molar-refractivity contribution in [3.63, 3.8) is 0 Å². The van der Waals surface area contributed by atoms with Gasteiger partial charge in [0.15, 0.2) is 0 Å². The fourth-order valence-corrected chi connectivity index (χ4v) is 3.36. The topological polar surface area (TPSA) is 79.4 Å². The van der Waals surface area contributed by atoms with Gasteiger partial charge in [-0.3, -0.25) is 9.78 Å². The van der Waals surface area contributed by atoms with Gasteiger partial charge >= 0.3 is 0 Å². The minimum Gasteiger partial charge on any atom is -0.336 e. The average Bonchev–Trinajstić information content (AvgIpc) is 2.61. The number of hydrogen-bond donors (Lipinski definition) is 1. The van der Waals surface area contributed by atoms with Crippen LogP contribution in [-0.4, -0.2) is 37.3 Å². The van der Waals surface area contributed by atoms with Crippen molar-refractivity contribution in [3.8, 4) is 0 Å². The Hall–Kier alpha value is -2.25. The molecule has 7 heteroatoms. The van der Waals surface area contributed by atoms with Crippen LogP contribution in [0.15, 0.2) is 53.6 Å². The Morgan fingerprint density at radius 3 is 2.44 bits per heavy atom. The van der Waals surface area contributed by atoms with Crippen molar-refractivity contribution in [1.82, 2.24) is 14.6 Å². The molecular weight excluding hydrogens is 338 g/mol. The molecule has 134 valence electrons. The molecule has 0 saturated heterocycles. The van der Waals surface area contributed by atoms with Gasteiger partial charge in [0, 0.05) is 26.2 Å². The highest BCUT2D eigenvalue weighted by atomic mass is 32.2. The van der Waals surface area contributed by atoms with Gasteiger partial charge in [0.2, 0.25) is 15.9 Å². The van der Waals surface area contributed by atoms with Crippen LogP contribution in [0.25, 0.3) is 0 Å². The number of hydrogen-bond acceptors (Lipinski definition) is 4. The molecule has 0 aliphatic rings. The van der Waals surface area contributed by atoms with E-state index in [0.717, 1.165) is 17.7 Å². The van der Waals surface area contributed by atoms with Crippen molar-refractivity contribution in [2.24, 2.45) is 0 Å². The number of carbonyl (C=O) groups is 1. The van der Waals surface area contributed by atoms with Gasteiger partial charge < -0.3 is 4.90 Å². The van der Waals surface area contributed by atoms with E-state index in [1.165, 1.54) is 6.92 Å². The van der Waals surface area contributed by atoms with Crippen molar-refractivity contribution >= 4 is 15.9 Å². The molecule has 0 radical (unpaired) electrons. The number of carbonyl (C=O) groups excluding carboxylic acids is 1. The molecule has 1 heterocycles. The first-order valence-corrected chi connectivity index (χ1v) is 9.64. The average molecular weight is 361 g/mol. The van der Waals surface area contributed by atoms with Crippen molar-refractivity contribution in [2.75, 3.05) is 13.1 Å². The van der Waals surface area contributed by atoms with Gasteiger partial charge in [0.25, 0.3) is 0 Å². The van der Waals surface area contributed by atoms with Crippen molar-refractivity contribution in [3.05, 3.63) is 59.9 Å². The fraction of sp³-hybridized carbons (Fsp3) is 0.333. The summed E-state index contributed by atoms with van der Waals surface area (Å²) in [4.78, 5) is 17.7. The normalized spacial score (nSPS) is 11.3. The summed E-state index contributed by atoms with van der Waals surface area (Å²) in [6.45, 7) is 4.24. The highest BCUT2D eigenvalue weighted by molar-refractivity contribution is 7.89. The molecule has 1 aromatic carbocycles. The number of rotatable bonds is 8. The van der Waals surface area contributed by atoms with Crippen LogP contribution in [0.5, 0.6) is 0 Å². The van der Waals surface area contributed by atoms with Crippen molar-refractivity contribution in [2.45, 2.75) is 31.7 Å². The Morgan fingerprint density at radius 2 is 1.88 bits per heavy atom. The van der Waals surface area contributed by atoms with E-state index >= 15 is 0 Å². The Morgan fingerprint density at radius 1 is 1.16 bits per heavy atom. The third-order valence-electron chi connectivity index (χ3n) is 3.84. The van der Waals surface area contributed by atoms with Crippen LogP contribution in [0.2, 0.25) is 0 Å². The van der Waals surface area contributed by atoms with E-state index in [1.54, 1.807) is 41.4 Å². The van der Waals surface area contributed by atoms with Crippen LogP contribution < -0.4 is 4.72 Å². The molecule has 0 fully saturated rings. The zero-order chi connectivity index (χ0) is 18.3. The lowest BCUT2D eigenvalue weighted by molar-refractivity contribution is -0.129. The summed E-state index contributed by atoms with van der Waals surface area (Å²) < 4.78 is 27.2. The molecule has 25 heavy (non-hydrogen) atoms. The minimum absolute atomic E-state index is 0.128. The second-order valence-corrected chi connectivity index (χ2v) is 7.42. The largest absolute Gasteiger partial charge is 0.336 e. The van der Waals surface area contributed by atoms with Crippen molar-refractivity contribution < 1.29 is 13.2 Å². The predicted molar refractivity (Wildman–Crippen MR) is 96.3 cm³/mol. The molecular formula is C18H23N3O3S. The van der Waals surface area contributed by atoms with E-state index in [2.05, 4.69) is 9.71 Å². The molecule has 1 aromatic heterocycles. The lowest BCUT2D eigenvalue weighted by Gasteiger charge is -2.20. The molecule has 0 unspecified atom stereocenters. The Balaban J connectivity index is 1.95. The quantitative estimate of drug-likeness (QED) is 0.780. The summed E-state index contributed by atoms with van der Waals surface area (Å²) in [5.41, 5.74) is 1.84. The molecule has 2 aromatic rings. The first-order valence-electron chi connectivity index (χ1n) is 8.16. The summed E-state index contributed by atoms with van der Waals surface area (Å²) in [6, 6.07) is 12.3. The monoisotopic (exact) mass is 361 g/mol. The van der Waals surface area contributed by atoms with Gasteiger partial charge in [0.1, 0.15) is 0 Å². The molecule has 0 aliphatic heterocycles. The predicted octanol–water partition coefficient (Wildman–Crippen LogP) is 1.97. The minimum atomic E-state index is -3.58. The molecule has 0 spiro atoms. The van der Waals surface area contributed by atoms with Crippen LogP contribution in [-0.2, 0) is 27.8 Å². The third kappa shape index (κ3) is 5.65. The first kappa shape index (κ1) is 19.1. The number of sulfonamides is 1. The summed E-state index contributed by atoms with van der Waals surface area (Å²) in [6.07, 6.45) is 2.52. The van der Waals surface area contributed by atoms with Crippen molar-refractivity contribution in [1.29, 1.82) is 0 Å². The number of nitrogens with one attached hydrogen (secondary N) is 1. The number of benzene rings is 1. The van der Waals surface area contributed by atoms with Crippen LogP contribution in [0, 0.1) is 0 Å². The zero-order valence-corrected chi connectivity index (χ0v) is 15.3. The number of nitrogens with zero attached hydrogens (tertiary/aromatic N) is 2. The van der Waals surface area contributed by atoms with E-state index in [-0.39, 0.29) is 23.9 Å². The maximum absolute atomic E-state index is 12.3. The molecule has 1 amide bonds. The van der Waals surface area contributed by atoms with E-state index in [1.807, 2.05) is 19.1 Å². The lowest BCUT2D eigenvalue weighted by Crippen LogP contribution is -2.37. The Labute approximate surface area is 148 Å². The summed E-state index contributed by atoms with van der Waals surface area (Å²) in [7, 11) is -3.58. The highest BCUT2D eigenvalue weighted by Crippen LogP contribution is 2.11. The maximum atomic E-state index is 12.3. The second kappa shape index (κ2) is 8.73. The molecule has 6 nitrogen and oxygen atoms in total. The Bertz CT molecular complexity index is 790. The van der Waals surface area contributed by atoms with E-state index < -0.39 is 10.0 Å². The van der Waals surface area contributed by atoms with Gasteiger partial charge in [-0.2, -0.15) is 0 Å². The number of amides is 1. The van der Waals surface area contributed by atoms with Gasteiger partial charge in [-0.1, -0.05) is 25.1 Å². The van der Waals surface area contributed by atoms with Crippen LogP contribution in [0.1, 0.15) is 25.1 Å². The SMILES string of the molecule is CCc1ccc(S(=O)(=O)NCCN(Cc2ccccn2)C(C)=O)cc1. The van der Waals surface area contributed by atoms with Crippen LogP contribution >= 0.6 is 0 Å². The van der Waals surface area contributed by atoms with Crippen LogP contribution in [0.4, 0.5) is 0 Å². The first-order chi connectivity index (χ1) is 11.9. The fourth-order valence-electron chi connectivity index (χ4n) is 2.34. The second-order valence-electron chi connectivity index (χ2n) is 5.66. The smallest absolute Gasteiger partial charge is 0.240 e. The number of aromatic nitrogens is 1.